The molecule has 0 aromatic carbocycles. The van der Waals surface area contributed by atoms with Crippen molar-refractivity contribution in [3.63, 3.8) is 0 Å². The van der Waals surface area contributed by atoms with Crippen LogP contribution in [0.1, 0.15) is 32.1 Å². The number of carbonyl (C=O) groups is 6. The molecule has 0 atom stereocenters. The van der Waals surface area contributed by atoms with E-state index in [1.54, 1.807) is 0 Å². The lowest BCUT2D eigenvalue weighted by Gasteiger charge is -2.14. The van der Waals surface area contributed by atoms with Crippen molar-refractivity contribution in [2.75, 3.05) is 39.5 Å². The fourth-order valence-electron chi connectivity index (χ4n) is 2.55. The van der Waals surface area contributed by atoms with Crippen molar-refractivity contribution >= 4 is 35.5 Å². The zero-order chi connectivity index (χ0) is 21.2. The molecule has 3 aliphatic heterocycles. The molecule has 0 saturated carbocycles. The van der Waals surface area contributed by atoms with Crippen LogP contribution >= 0.6 is 0 Å². The molecule has 0 aliphatic carbocycles. The molecule has 1 N–H and O–H groups in total. The van der Waals surface area contributed by atoms with E-state index in [-0.39, 0.29) is 38.6 Å². The molecular weight excluding hydrogens is 390 g/mol. The first-order chi connectivity index (χ1) is 13.9. The molecule has 0 bridgehead atoms. The van der Waals surface area contributed by atoms with Crippen LogP contribution in [0.2, 0.25) is 0 Å². The van der Waals surface area contributed by atoms with E-state index in [1.165, 1.54) is 0 Å². The third-order valence-corrected chi connectivity index (χ3v) is 4.05. The standard InChI is InChI=1S/C13H15N3O7.C4H8O2/c17-8(7-15-9(18)1-2-10(15)19)14-6-5-13(22)23-16-11(20)3-4-12(16)21;1-2-6-4-3-5-1/h1-7H2,(H,14,17);1-4H2. The van der Waals surface area contributed by atoms with E-state index in [0.29, 0.717) is 5.06 Å². The number of hydroxylamine groups is 2. The lowest BCUT2D eigenvalue weighted by Crippen LogP contribution is -2.41. The molecule has 160 valence electrons. The fourth-order valence-corrected chi connectivity index (χ4v) is 2.55. The number of nitrogens with one attached hydrogen (secondary N) is 1. The quantitative estimate of drug-likeness (QED) is 0.502. The molecule has 12 heteroatoms. The minimum atomic E-state index is -0.845. The third-order valence-electron chi connectivity index (χ3n) is 4.05. The monoisotopic (exact) mass is 413 g/mol. The Balaban J connectivity index is 0.000000426. The Morgan fingerprint density at radius 3 is 1.79 bits per heavy atom. The van der Waals surface area contributed by atoms with Gasteiger partial charge in [-0.05, 0) is 0 Å². The molecule has 3 fully saturated rings. The Bertz CT molecular complexity index is 582. The van der Waals surface area contributed by atoms with Crippen LogP contribution in [0.25, 0.3) is 0 Å². The number of imide groups is 2. The van der Waals surface area contributed by atoms with Gasteiger partial charge in [-0.25, -0.2) is 4.79 Å². The van der Waals surface area contributed by atoms with Gasteiger partial charge >= 0.3 is 5.97 Å². The van der Waals surface area contributed by atoms with E-state index in [4.69, 9.17) is 9.47 Å². The topological polar surface area (TPSA) is 149 Å². The van der Waals surface area contributed by atoms with Crippen LogP contribution in [0, 0.1) is 0 Å². The molecule has 3 aliphatic rings. The number of nitrogens with zero attached hydrogens (tertiary/aromatic N) is 2. The van der Waals surface area contributed by atoms with Gasteiger partial charge in [-0.1, -0.05) is 0 Å². The number of carbonyl (C=O) groups excluding carboxylic acids is 6. The second kappa shape index (κ2) is 11.2. The van der Waals surface area contributed by atoms with Gasteiger partial charge < -0.3 is 19.6 Å². The van der Waals surface area contributed by atoms with Crippen LogP contribution < -0.4 is 5.32 Å². The number of rotatable bonds is 6. The van der Waals surface area contributed by atoms with E-state index in [2.05, 4.69) is 10.2 Å². The van der Waals surface area contributed by atoms with Crippen LogP contribution in [0.3, 0.4) is 0 Å². The first kappa shape index (κ1) is 22.4. The molecule has 5 amide bonds. The first-order valence-electron chi connectivity index (χ1n) is 9.20. The maximum Gasteiger partial charge on any atom is 0.334 e. The zero-order valence-electron chi connectivity index (χ0n) is 15.8. The predicted molar refractivity (Wildman–Crippen MR) is 92.4 cm³/mol. The van der Waals surface area contributed by atoms with E-state index < -0.39 is 42.0 Å². The predicted octanol–water partition coefficient (Wildman–Crippen LogP) is -1.72. The molecule has 0 radical (unpaired) electrons. The lowest BCUT2D eigenvalue weighted by atomic mass is 10.4. The average Bonchev–Trinajstić information content (AvgIpc) is 3.20. The highest BCUT2D eigenvalue weighted by Crippen LogP contribution is 2.12. The minimum absolute atomic E-state index is 0.000735. The van der Waals surface area contributed by atoms with Crippen LogP contribution in [-0.4, -0.2) is 85.0 Å². The smallest absolute Gasteiger partial charge is 0.334 e. The molecule has 3 saturated heterocycles. The van der Waals surface area contributed by atoms with Gasteiger partial charge in [0, 0.05) is 32.2 Å². The van der Waals surface area contributed by atoms with Crippen molar-refractivity contribution in [2.45, 2.75) is 32.1 Å². The largest absolute Gasteiger partial charge is 0.377 e. The second-order valence-corrected chi connectivity index (χ2v) is 6.24. The molecule has 0 aromatic rings. The summed E-state index contributed by atoms with van der Waals surface area (Å²) in [6.07, 6.45) is -0.0706. The highest BCUT2D eigenvalue weighted by atomic mass is 16.7. The van der Waals surface area contributed by atoms with Gasteiger partial charge in [-0.3, -0.25) is 28.9 Å². The summed E-state index contributed by atoms with van der Waals surface area (Å²) in [6.45, 7) is 2.61. The first-order valence-corrected chi connectivity index (χ1v) is 9.20. The maximum absolute atomic E-state index is 11.6. The average molecular weight is 413 g/mol. The Hall–Kier alpha value is -2.86. The molecule has 0 unspecified atom stereocenters. The molecule has 0 spiro atoms. The van der Waals surface area contributed by atoms with Crippen molar-refractivity contribution in [3.05, 3.63) is 0 Å². The summed E-state index contributed by atoms with van der Waals surface area (Å²) in [5.41, 5.74) is 0. The summed E-state index contributed by atoms with van der Waals surface area (Å²) >= 11 is 0. The number of hydrogen-bond acceptors (Lipinski definition) is 9. The van der Waals surface area contributed by atoms with Gasteiger partial charge in [0.2, 0.25) is 17.7 Å². The molecule has 3 rings (SSSR count). The molecular formula is C17H23N3O9. The van der Waals surface area contributed by atoms with Gasteiger partial charge in [0.05, 0.1) is 32.8 Å². The van der Waals surface area contributed by atoms with E-state index >= 15 is 0 Å². The van der Waals surface area contributed by atoms with Crippen molar-refractivity contribution < 1.29 is 43.1 Å². The normalized spacial score (nSPS) is 19.2. The summed E-state index contributed by atoms with van der Waals surface area (Å²) in [5.74, 6) is -3.42. The Labute approximate surface area is 166 Å². The van der Waals surface area contributed by atoms with Gasteiger partial charge in [-0.2, -0.15) is 0 Å². The summed E-state index contributed by atoms with van der Waals surface area (Å²) in [7, 11) is 0. The molecule has 0 aromatic heterocycles. The maximum atomic E-state index is 11.6. The number of ether oxygens (including phenoxy) is 2. The Morgan fingerprint density at radius 2 is 1.31 bits per heavy atom. The summed E-state index contributed by atoms with van der Waals surface area (Å²) in [5, 5.41) is 2.78. The molecule has 3 heterocycles. The number of hydrogen-bond donors (Lipinski definition) is 1. The summed E-state index contributed by atoms with van der Waals surface area (Å²) in [4.78, 5) is 73.7. The van der Waals surface area contributed by atoms with Crippen molar-refractivity contribution in [1.82, 2.24) is 15.3 Å². The molecule has 29 heavy (non-hydrogen) atoms. The van der Waals surface area contributed by atoms with E-state index in [1.807, 2.05) is 0 Å². The van der Waals surface area contributed by atoms with Crippen molar-refractivity contribution in [3.8, 4) is 0 Å². The highest BCUT2D eigenvalue weighted by Gasteiger charge is 2.33. The van der Waals surface area contributed by atoms with Crippen molar-refractivity contribution in [2.24, 2.45) is 0 Å². The summed E-state index contributed by atoms with van der Waals surface area (Å²) in [6, 6.07) is 0. The Kier molecular flexibility index (Phi) is 8.68. The zero-order valence-corrected chi connectivity index (χ0v) is 15.8. The van der Waals surface area contributed by atoms with Gasteiger partial charge in [0.1, 0.15) is 6.54 Å². The highest BCUT2D eigenvalue weighted by molar-refractivity contribution is 6.04. The van der Waals surface area contributed by atoms with Crippen LogP contribution in [-0.2, 0) is 43.1 Å². The van der Waals surface area contributed by atoms with E-state index in [9.17, 15) is 28.8 Å². The SMILES string of the molecule is C1COCCO1.O=C(CN1C(=O)CCC1=O)NCCC(=O)ON1C(=O)CCC1=O. The van der Waals surface area contributed by atoms with Crippen molar-refractivity contribution in [1.29, 1.82) is 0 Å². The second-order valence-electron chi connectivity index (χ2n) is 6.24. The van der Waals surface area contributed by atoms with Gasteiger partial charge in [0.25, 0.3) is 11.8 Å². The van der Waals surface area contributed by atoms with Gasteiger partial charge in [-0.15, -0.1) is 5.06 Å². The minimum Gasteiger partial charge on any atom is -0.377 e. The number of amides is 5. The third kappa shape index (κ3) is 7.23. The number of likely N-dealkylation sites (tertiary alicyclic amines) is 1. The van der Waals surface area contributed by atoms with Gasteiger partial charge in [0.15, 0.2) is 0 Å². The Morgan fingerprint density at radius 1 is 0.828 bits per heavy atom. The van der Waals surface area contributed by atoms with Crippen LogP contribution in [0.15, 0.2) is 0 Å². The van der Waals surface area contributed by atoms with Crippen LogP contribution in [0.4, 0.5) is 0 Å². The van der Waals surface area contributed by atoms with Crippen LogP contribution in [0.5, 0.6) is 0 Å². The fraction of sp³-hybridized carbons (Fsp3) is 0.647. The van der Waals surface area contributed by atoms with E-state index in [0.717, 1.165) is 31.3 Å². The summed E-state index contributed by atoms with van der Waals surface area (Å²) < 4.78 is 9.89. The lowest BCUT2D eigenvalue weighted by molar-refractivity contribution is -0.197. The molecule has 12 nitrogen and oxygen atoms in total.